The predicted molar refractivity (Wildman–Crippen MR) is 121 cm³/mol. The first-order valence-electron chi connectivity index (χ1n) is 10.4. The molecule has 8 nitrogen and oxygen atoms in total. The molecular formula is C23H26N2O6S. The molecule has 2 unspecified atom stereocenters. The first-order valence-corrected chi connectivity index (χ1v) is 11.9. The largest absolute Gasteiger partial charge is 0.481 e. The average Bonchev–Trinajstić information content (AvgIpc) is 3.10. The number of alkyl carbamates (subject to hydrolysis) is 1. The summed E-state index contributed by atoms with van der Waals surface area (Å²) in [5.74, 6) is -1.32. The van der Waals surface area contributed by atoms with Crippen molar-refractivity contribution in [1.82, 2.24) is 10.6 Å². The second kappa shape index (κ2) is 10.9. The monoisotopic (exact) mass is 458 g/mol. The number of carboxylic acid groups (broad SMARTS) is 1. The number of carbonyl (C=O) groups excluding carboxylic acids is 2. The summed E-state index contributed by atoms with van der Waals surface area (Å²) in [4.78, 5) is 35.9. The zero-order chi connectivity index (χ0) is 23.1. The van der Waals surface area contributed by atoms with Gasteiger partial charge in [0.2, 0.25) is 5.91 Å². The van der Waals surface area contributed by atoms with E-state index in [0.29, 0.717) is 5.75 Å². The molecule has 0 spiro atoms. The fourth-order valence-electron chi connectivity index (χ4n) is 3.72. The lowest BCUT2D eigenvalue weighted by Gasteiger charge is -2.18. The first-order chi connectivity index (χ1) is 15.4. The standard InChI is InChI=1S/C23H26N2O6S/c1-2-32(30)12-11-24-22(28)20(13-21(26)27)25-23(29)31-14-19-17-9-5-3-7-15(17)16-8-4-6-10-18(16)19/h3-10,19-20H,2,11-14H2,1H3,(H,24,28)(H,25,29)(H,26,27). The van der Waals surface area contributed by atoms with Crippen LogP contribution in [0.25, 0.3) is 11.1 Å². The first kappa shape index (κ1) is 23.5. The highest BCUT2D eigenvalue weighted by atomic mass is 32.2. The third-order valence-electron chi connectivity index (χ3n) is 5.28. The molecule has 0 radical (unpaired) electrons. The van der Waals surface area contributed by atoms with Crippen molar-refractivity contribution in [2.45, 2.75) is 25.3 Å². The van der Waals surface area contributed by atoms with Crippen LogP contribution in [0, 0.1) is 0 Å². The molecule has 0 bridgehead atoms. The number of hydrogen-bond donors (Lipinski definition) is 3. The Kier molecular flexibility index (Phi) is 7.99. The van der Waals surface area contributed by atoms with Crippen molar-refractivity contribution in [2.24, 2.45) is 0 Å². The Bertz CT molecular complexity index is 980. The number of aliphatic carboxylic acids is 1. The van der Waals surface area contributed by atoms with Crippen LogP contribution in [0.5, 0.6) is 0 Å². The van der Waals surface area contributed by atoms with Crippen molar-refractivity contribution in [2.75, 3.05) is 24.7 Å². The molecule has 0 fully saturated rings. The summed E-state index contributed by atoms with van der Waals surface area (Å²) in [5.41, 5.74) is 4.27. The summed E-state index contributed by atoms with van der Waals surface area (Å²) in [6, 6.07) is 14.5. The lowest BCUT2D eigenvalue weighted by molar-refractivity contribution is -0.139. The number of hydrogen-bond acceptors (Lipinski definition) is 5. The van der Waals surface area contributed by atoms with Gasteiger partial charge in [-0.15, -0.1) is 0 Å². The minimum atomic E-state index is -1.29. The van der Waals surface area contributed by atoms with Gasteiger partial charge < -0.3 is 20.5 Å². The molecule has 2 amide bonds. The van der Waals surface area contributed by atoms with E-state index >= 15 is 0 Å². The Morgan fingerprint density at radius 1 is 1.06 bits per heavy atom. The van der Waals surface area contributed by atoms with Gasteiger partial charge in [-0.05, 0) is 22.3 Å². The molecule has 3 N–H and O–H groups in total. The van der Waals surface area contributed by atoms with Crippen LogP contribution in [0.4, 0.5) is 4.79 Å². The fraction of sp³-hybridized carbons (Fsp3) is 0.348. The Labute approximate surface area is 188 Å². The predicted octanol–water partition coefficient (Wildman–Crippen LogP) is 2.25. The van der Waals surface area contributed by atoms with Crippen LogP contribution in [0.15, 0.2) is 48.5 Å². The zero-order valence-electron chi connectivity index (χ0n) is 17.7. The third kappa shape index (κ3) is 5.73. The highest BCUT2D eigenvalue weighted by Gasteiger charge is 2.30. The topological polar surface area (TPSA) is 122 Å². The number of nitrogens with one attached hydrogen (secondary N) is 2. The molecule has 9 heteroatoms. The average molecular weight is 459 g/mol. The number of rotatable bonds is 10. The number of ether oxygens (including phenoxy) is 1. The number of carbonyl (C=O) groups is 3. The Hall–Kier alpha value is -3.20. The SMILES string of the molecule is CCS(=O)CCNC(=O)C(CC(=O)O)NC(=O)OCC1c2ccccc2-c2ccccc21. The van der Waals surface area contributed by atoms with E-state index in [2.05, 4.69) is 10.6 Å². The van der Waals surface area contributed by atoms with Gasteiger partial charge in [0.05, 0.1) is 6.42 Å². The maximum absolute atomic E-state index is 12.4. The third-order valence-corrected chi connectivity index (χ3v) is 6.59. The van der Waals surface area contributed by atoms with Gasteiger partial charge in [0.25, 0.3) is 0 Å². The van der Waals surface area contributed by atoms with Gasteiger partial charge in [0, 0.05) is 34.8 Å². The molecule has 170 valence electrons. The second-order valence-electron chi connectivity index (χ2n) is 7.34. The molecule has 32 heavy (non-hydrogen) atoms. The van der Waals surface area contributed by atoms with E-state index in [1.165, 1.54) is 0 Å². The van der Waals surface area contributed by atoms with E-state index < -0.39 is 41.2 Å². The molecule has 0 heterocycles. The number of amides is 2. The van der Waals surface area contributed by atoms with Crippen LogP contribution >= 0.6 is 0 Å². The van der Waals surface area contributed by atoms with Crippen molar-refractivity contribution in [1.29, 1.82) is 0 Å². The van der Waals surface area contributed by atoms with E-state index in [4.69, 9.17) is 9.84 Å². The smallest absolute Gasteiger partial charge is 0.407 e. The van der Waals surface area contributed by atoms with Crippen LogP contribution in [-0.2, 0) is 25.1 Å². The zero-order valence-corrected chi connectivity index (χ0v) is 18.5. The molecule has 0 aliphatic heterocycles. The van der Waals surface area contributed by atoms with Gasteiger partial charge in [0.1, 0.15) is 12.6 Å². The van der Waals surface area contributed by atoms with Gasteiger partial charge >= 0.3 is 12.1 Å². The molecule has 1 aliphatic rings. The Morgan fingerprint density at radius 3 is 2.22 bits per heavy atom. The van der Waals surface area contributed by atoms with E-state index in [-0.39, 0.29) is 24.8 Å². The second-order valence-corrected chi connectivity index (χ2v) is 9.21. The van der Waals surface area contributed by atoms with E-state index in [0.717, 1.165) is 22.3 Å². The van der Waals surface area contributed by atoms with Crippen LogP contribution in [0.1, 0.15) is 30.4 Å². The minimum Gasteiger partial charge on any atom is -0.481 e. The quantitative estimate of drug-likeness (QED) is 0.502. The van der Waals surface area contributed by atoms with Gasteiger partial charge in [0.15, 0.2) is 0 Å². The van der Waals surface area contributed by atoms with Gasteiger partial charge in [-0.3, -0.25) is 13.8 Å². The molecule has 2 aromatic carbocycles. The lowest BCUT2D eigenvalue weighted by atomic mass is 9.98. The molecule has 0 saturated heterocycles. The van der Waals surface area contributed by atoms with Crippen LogP contribution in [0.3, 0.4) is 0 Å². The van der Waals surface area contributed by atoms with Gasteiger partial charge in [-0.1, -0.05) is 55.5 Å². The van der Waals surface area contributed by atoms with E-state index in [9.17, 15) is 18.6 Å². The maximum Gasteiger partial charge on any atom is 0.407 e. The summed E-state index contributed by atoms with van der Waals surface area (Å²) in [7, 11) is -1.06. The van der Waals surface area contributed by atoms with Crippen molar-refractivity contribution < 1.29 is 28.4 Å². The molecule has 2 atom stereocenters. The fourth-order valence-corrected chi connectivity index (χ4v) is 4.34. The molecular weight excluding hydrogens is 432 g/mol. The van der Waals surface area contributed by atoms with E-state index in [1.807, 2.05) is 48.5 Å². The summed E-state index contributed by atoms with van der Waals surface area (Å²) in [6.07, 6.45) is -1.46. The van der Waals surface area contributed by atoms with Crippen LogP contribution in [-0.4, -0.2) is 58.0 Å². The number of benzene rings is 2. The highest BCUT2D eigenvalue weighted by molar-refractivity contribution is 7.84. The summed E-state index contributed by atoms with van der Waals surface area (Å²) >= 11 is 0. The van der Waals surface area contributed by atoms with Crippen LogP contribution in [0.2, 0.25) is 0 Å². The Morgan fingerprint density at radius 2 is 1.66 bits per heavy atom. The Balaban J connectivity index is 1.61. The van der Waals surface area contributed by atoms with Crippen molar-refractivity contribution in [3.63, 3.8) is 0 Å². The molecule has 1 aliphatic carbocycles. The summed E-state index contributed by atoms with van der Waals surface area (Å²) in [5, 5.41) is 14.0. The maximum atomic E-state index is 12.4. The highest BCUT2D eigenvalue weighted by Crippen LogP contribution is 2.44. The summed E-state index contributed by atoms with van der Waals surface area (Å²) < 4.78 is 16.9. The molecule has 2 aromatic rings. The van der Waals surface area contributed by atoms with Crippen molar-refractivity contribution in [3.05, 3.63) is 59.7 Å². The number of fused-ring (bicyclic) bond motifs is 3. The van der Waals surface area contributed by atoms with Crippen molar-refractivity contribution >= 4 is 28.8 Å². The minimum absolute atomic E-state index is 0.0523. The van der Waals surface area contributed by atoms with Gasteiger partial charge in [-0.2, -0.15) is 0 Å². The number of carboxylic acids is 1. The van der Waals surface area contributed by atoms with E-state index in [1.54, 1.807) is 6.92 Å². The molecule has 0 saturated carbocycles. The molecule has 0 aromatic heterocycles. The molecule has 3 rings (SSSR count). The van der Waals surface area contributed by atoms with Crippen LogP contribution < -0.4 is 10.6 Å². The normalized spacial score (nSPS) is 14.0. The lowest BCUT2D eigenvalue weighted by Crippen LogP contribution is -2.48. The summed E-state index contributed by atoms with van der Waals surface area (Å²) in [6.45, 7) is 1.95. The van der Waals surface area contributed by atoms with Crippen molar-refractivity contribution in [3.8, 4) is 11.1 Å². The van der Waals surface area contributed by atoms with Gasteiger partial charge in [-0.25, -0.2) is 4.79 Å².